The van der Waals surface area contributed by atoms with Crippen LogP contribution < -0.4 is 4.74 Å². The monoisotopic (exact) mass is 493 g/mol. The lowest BCUT2D eigenvalue weighted by Crippen LogP contribution is -2.43. The van der Waals surface area contributed by atoms with Gasteiger partial charge in [-0.1, -0.05) is 30.3 Å². The van der Waals surface area contributed by atoms with Crippen LogP contribution in [0.5, 0.6) is 11.5 Å². The molecule has 0 saturated carbocycles. The van der Waals surface area contributed by atoms with Gasteiger partial charge in [-0.05, 0) is 95.3 Å². The lowest BCUT2D eigenvalue weighted by molar-refractivity contribution is -0.171. The molecular formula is C30H39NO5. The third-order valence-electron chi connectivity index (χ3n) is 5.82. The number of phenolic OH excluding ortho intramolecular Hbond substituents is 1. The minimum absolute atomic E-state index is 0.316. The molecule has 0 aliphatic carbocycles. The largest absolute Gasteiger partial charge is 0.508 e. The summed E-state index contributed by atoms with van der Waals surface area (Å²) >= 11 is 0. The SMILES string of the molecule is Cc1cc(CN(CCc2ccccc2O)Cc2ccco2)cc(C)c1OC(C)(C)C(=O)OC(C)(C)C. The lowest BCUT2D eigenvalue weighted by atomic mass is 10.0. The van der Waals surface area contributed by atoms with E-state index in [0.29, 0.717) is 24.6 Å². The first-order valence-electron chi connectivity index (χ1n) is 12.4. The molecule has 0 radical (unpaired) electrons. The first kappa shape index (κ1) is 27.3. The maximum atomic E-state index is 12.7. The molecule has 36 heavy (non-hydrogen) atoms. The van der Waals surface area contributed by atoms with E-state index < -0.39 is 17.2 Å². The third kappa shape index (κ3) is 7.62. The minimum atomic E-state index is -1.12. The second-order valence-corrected chi connectivity index (χ2v) is 10.8. The van der Waals surface area contributed by atoms with Crippen LogP contribution in [0.1, 0.15) is 62.6 Å². The van der Waals surface area contributed by atoms with E-state index in [9.17, 15) is 9.90 Å². The Morgan fingerprint density at radius 2 is 1.64 bits per heavy atom. The second-order valence-electron chi connectivity index (χ2n) is 10.8. The molecule has 0 atom stereocenters. The Hall–Kier alpha value is -3.25. The van der Waals surface area contributed by atoms with E-state index in [0.717, 1.165) is 41.0 Å². The first-order chi connectivity index (χ1) is 16.8. The van der Waals surface area contributed by atoms with Crippen molar-refractivity contribution in [2.45, 2.75) is 79.2 Å². The predicted octanol–water partition coefficient (Wildman–Crippen LogP) is 6.35. The fourth-order valence-electron chi connectivity index (χ4n) is 4.09. The quantitative estimate of drug-likeness (QED) is 0.332. The number of carbonyl (C=O) groups excluding carboxylic acids is 1. The van der Waals surface area contributed by atoms with Gasteiger partial charge in [-0.2, -0.15) is 0 Å². The zero-order valence-corrected chi connectivity index (χ0v) is 22.6. The highest BCUT2D eigenvalue weighted by Crippen LogP contribution is 2.30. The van der Waals surface area contributed by atoms with Gasteiger partial charge in [-0.3, -0.25) is 4.90 Å². The van der Waals surface area contributed by atoms with Crippen LogP contribution in [0.15, 0.2) is 59.2 Å². The average molecular weight is 494 g/mol. The first-order valence-corrected chi connectivity index (χ1v) is 12.4. The number of aryl methyl sites for hydroxylation is 2. The van der Waals surface area contributed by atoms with Gasteiger partial charge in [0, 0.05) is 13.1 Å². The minimum Gasteiger partial charge on any atom is -0.508 e. The number of benzene rings is 2. The maximum Gasteiger partial charge on any atom is 0.350 e. The molecule has 3 aromatic rings. The fourth-order valence-corrected chi connectivity index (χ4v) is 4.09. The van der Waals surface area contributed by atoms with E-state index in [1.807, 2.05) is 65.0 Å². The molecule has 6 nitrogen and oxygen atoms in total. The molecule has 0 unspecified atom stereocenters. The highest BCUT2D eigenvalue weighted by Gasteiger charge is 2.35. The summed E-state index contributed by atoms with van der Waals surface area (Å²) in [5.74, 6) is 1.50. The highest BCUT2D eigenvalue weighted by molar-refractivity contribution is 5.79. The van der Waals surface area contributed by atoms with Gasteiger partial charge in [-0.25, -0.2) is 4.79 Å². The molecule has 0 fully saturated rings. The Kier molecular flexibility index (Phi) is 8.51. The van der Waals surface area contributed by atoms with Crippen LogP contribution in [-0.4, -0.2) is 33.7 Å². The summed E-state index contributed by atoms with van der Waals surface area (Å²) in [6.45, 7) is 15.1. The molecule has 0 spiro atoms. The van der Waals surface area contributed by atoms with Crippen molar-refractivity contribution >= 4 is 5.97 Å². The van der Waals surface area contributed by atoms with Gasteiger partial charge in [0.1, 0.15) is 22.9 Å². The van der Waals surface area contributed by atoms with Crippen molar-refractivity contribution in [3.05, 3.63) is 82.8 Å². The van der Waals surface area contributed by atoms with Crippen molar-refractivity contribution in [2.75, 3.05) is 6.54 Å². The Labute approximate surface area is 214 Å². The topological polar surface area (TPSA) is 72.1 Å². The maximum absolute atomic E-state index is 12.7. The van der Waals surface area contributed by atoms with Crippen LogP contribution in [0.4, 0.5) is 0 Å². The number of nitrogens with zero attached hydrogens (tertiary/aromatic N) is 1. The molecule has 0 saturated heterocycles. The van der Waals surface area contributed by atoms with Gasteiger partial charge in [0.15, 0.2) is 5.60 Å². The van der Waals surface area contributed by atoms with Crippen molar-refractivity contribution in [1.82, 2.24) is 4.90 Å². The number of hydrogen-bond donors (Lipinski definition) is 1. The number of ether oxygens (including phenoxy) is 2. The lowest BCUT2D eigenvalue weighted by Gasteiger charge is -2.30. The summed E-state index contributed by atoms with van der Waals surface area (Å²) < 4.78 is 17.4. The molecule has 1 heterocycles. The number of hydrogen-bond acceptors (Lipinski definition) is 6. The summed E-state index contributed by atoms with van der Waals surface area (Å²) in [6.07, 6.45) is 2.40. The Balaban J connectivity index is 1.77. The van der Waals surface area contributed by atoms with E-state index in [4.69, 9.17) is 13.9 Å². The number of para-hydroxylation sites is 1. The summed E-state index contributed by atoms with van der Waals surface area (Å²) in [5.41, 5.74) is 2.27. The molecule has 3 rings (SSSR count). The summed E-state index contributed by atoms with van der Waals surface area (Å²) in [7, 11) is 0. The molecule has 0 amide bonds. The third-order valence-corrected chi connectivity index (χ3v) is 5.82. The number of esters is 1. The van der Waals surface area contributed by atoms with Crippen molar-refractivity contribution in [2.24, 2.45) is 0 Å². The Morgan fingerprint density at radius 3 is 2.22 bits per heavy atom. The van der Waals surface area contributed by atoms with Gasteiger partial charge in [0.05, 0.1) is 12.8 Å². The van der Waals surface area contributed by atoms with Gasteiger partial charge in [0.25, 0.3) is 0 Å². The summed E-state index contributed by atoms with van der Waals surface area (Å²) in [5, 5.41) is 10.2. The van der Waals surface area contributed by atoms with Gasteiger partial charge < -0.3 is 19.0 Å². The number of phenols is 1. The van der Waals surface area contributed by atoms with Crippen molar-refractivity contribution in [1.29, 1.82) is 0 Å². The molecule has 194 valence electrons. The summed E-state index contributed by atoms with van der Waals surface area (Å²) in [4.78, 5) is 15.0. The van der Waals surface area contributed by atoms with E-state index in [1.54, 1.807) is 26.2 Å². The fraction of sp³-hybridized carbons (Fsp3) is 0.433. The molecule has 0 bridgehead atoms. The van der Waals surface area contributed by atoms with E-state index >= 15 is 0 Å². The Morgan fingerprint density at radius 1 is 0.972 bits per heavy atom. The number of furan rings is 1. The molecule has 1 aromatic heterocycles. The molecule has 6 heteroatoms. The van der Waals surface area contributed by atoms with Crippen molar-refractivity contribution < 1.29 is 23.8 Å². The van der Waals surface area contributed by atoms with Crippen LogP contribution in [0, 0.1) is 13.8 Å². The highest BCUT2D eigenvalue weighted by atomic mass is 16.6. The van der Waals surface area contributed by atoms with Crippen molar-refractivity contribution in [3.63, 3.8) is 0 Å². The molecule has 2 aromatic carbocycles. The normalized spacial score (nSPS) is 12.1. The number of rotatable bonds is 10. The predicted molar refractivity (Wildman–Crippen MR) is 141 cm³/mol. The van der Waals surface area contributed by atoms with Gasteiger partial charge in [0.2, 0.25) is 0 Å². The summed E-state index contributed by atoms with van der Waals surface area (Å²) in [6, 6.07) is 15.5. The van der Waals surface area contributed by atoms with E-state index in [-0.39, 0.29) is 0 Å². The Bertz CT molecular complexity index is 1140. The molecule has 0 aliphatic heterocycles. The van der Waals surface area contributed by atoms with Crippen molar-refractivity contribution in [3.8, 4) is 11.5 Å². The number of carbonyl (C=O) groups is 1. The second kappa shape index (κ2) is 11.2. The van der Waals surface area contributed by atoms with Gasteiger partial charge >= 0.3 is 5.97 Å². The van der Waals surface area contributed by atoms with Crippen LogP contribution in [0.2, 0.25) is 0 Å². The van der Waals surface area contributed by atoms with Crippen LogP contribution >= 0.6 is 0 Å². The van der Waals surface area contributed by atoms with Crippen LogP contribution in [0.25, 0.3) is 0 Å². The smallest absolute Gasteiger partial charge is 0.350 e. The zero-order chi connectivity index (χ0) is 26.5. The average Bonchev–Trinajstić information content (AvgIpc) is 3.27. The van der Waals surface area contributed by atoms with E-state index in [1.165, 1.54) is 0 Å². The molecule has 1 N–H and O–H groups in total. The molecule has 0 aliphatic rings. The van der Waals surface area contributed by atoms with Gasteiger partial charge in [-0.15, -0.1) is 0 Å². The molecular weight excluding hydrogens is 454 g/mol. The van der Waals surface area contributed by atoms with Crippen LogP contribution in [-0.2, 0) is 29.0 Å². The standard InChI is InChI=1S/C30H39NO5/c1-21-17-23(18-22(2)27(21)35-30(6,7)28(33)36-29(3,4)5)19-31(20-25-12-10-16-34-25)15-14-24-11-8-9-13-26(24)32/h8-13,16-18,32H,14-15,19-20H2,1-7H3. The van der Waals surface area contributed by atoms with Crippen LogP contribution in [0.3, 0.4) is 0 Å². The van der Waals surface area contributed by atoms with E-state index in [2.05, 4.69) is 17.0 Å². The number of aromatic hydroxyl groups is 1. The zero-order valence-electron chi connectivity index (χ0n) is 22.6.